The van der Waals surface area contributed by atoms with E-state index >= 15 is 0 Å². The highest BCUT2D eigenvalue weighted by molar-refractivity contribution is 5.76. The molecule has 134 valence electrons. The standard InChI is InChI=1S/C16H24F2N4O2/c17-16(18)3-7-20(8-4-16)11-15(24)2-9-22(12-15)14(23)1-6-21-10-5-19-13-21/h5,10,13,24H,1-4,6-9,11-12H2/t15-/m0/s1. The van der Waals surface area contributed by atoms with E-state index in [0.29, 0.717) is 45.6 Å². The van der Waals surface area contributed by atoms with Crippen LogP contribution in [0.5, 0.6) is 0 Å². The number of piperidine rings is 1. The van der Waals surface area contributed by atoms with E-state index in [-0.39, 0.29) is 25.3 Å². The van der Waals surface area contributed by atoms with Crippen LogP contribution in [0.1, 0.15) is 25.7 Å². The SMILES string of the molecule is O=C(CCn1ccnc1)N1CC[C@](O)(CN2CCC(F)(F)CC2)C1. The van der Waals surface area contributed by atoms with Crippen molar-refractivity contribution < 1.29 is 18.7 Å². The third-order valence-electron chi connectivity index (χ3n) is 4.93. The summed E-state index contributed by atoms with van der Waals surface area (Å²) in [6, 6.07) is 0. The summed E-state index contributed by atoms with van der Waals surface area (Å²) >= 11 is 0. The minimum atomic E-state index is -2.58. The normalized spacial score (nSPS) is 27.5. The fourth-order valence-corrected chi connectivity index (χ4v) is 3.45. The molecule has 3 heterocycles. The number of amides is 1. The molecule has 2 fully saturated rings. The highest BCUT2D eigenvalue weighted by atomic mass is 19.3. The summed E-state index contributed by atoms with van der Waals surface area (Å²) in [6.07, 6.45) is 5.69. The number of aromatic nitrogens is 2. The van der Waals surface area contributed by atoms with Gasteiger partial charge in [0.2, 0.25) is 5.91 Å². The number of nitrogens with zero attached hydrogens (tertiary/aromatic N) is 4. The summed E-state index contributed by atoms with van der Waals surface area (Å²) in [5, 5.41) is 10.7. The van der Waals surface area contributed by atoms with E-state index in [1.165, 1.54) is 0 Å². The Kier molecular flexibility index (Phi) is 4.87. The zero-order valence-corrected chi connectivity index (χ0v) is 13.7. The zero-order chi connectivity index (χ0) is 17.2. The van der Waals surface area contributed by atoms with Crippen molar-refractivity contribution in [1.82, 2.24) is 19.4 Å². The second-order valence-electron chi connectivity index (χ2n) is 6.97. The highest BCUT2D eigenvalue weighted by Gasteiger charge is 2.41. The van der Waals surface area contributed by atoms with Gasteiger partial charge in [0.25, 0.3) is 5.92 Å². The fraction of sp³-hybridized carbons (Fsp3) is 0.750. The molecule has 2 saturated heterocycles. The van der Waals surface area contributed by atoms with Crippen molar-refractivity contribution >= 4 is 5.91 Å². The van der Waals surface area contributed by atoms with Gasteiger partial charge in [-0.05, 0) is 6.42 Å². The third-order valence-corrected chi connectivity index (χ3v) is 4.93. The molecule has 1 atom stereocenters. The molecule has 6 nitrogen and oxygen atoms in total. The van der Waals surface area contributed by atoms with Crippen LogP contribution in [-0.2, 0) is 11.3 Å². The second kappa shape index (κ2) is 6.76. The Morgan fingerprint density at radius 1 is 1.21 bits per heavy atom. The maximum atomic E-state index is 13.2. The molecule has 2 aliphatic heterocycles. The van der Waals surface area contributed by atoms with Crippen molar-refractivity contribution in [3.8, 4) is 0 Å². The molecule has 24 heavy (non-hydrogen) atoms. The number of β-amino-alcohol motifs (C(OH)–C–C–N with tert-alkyl or cyclic N) is 1. The van der Waals surface area contributed by atoms with Gasteiger partial charge in [-0.25, -0.2) is 13.8 Å². The number of hydrogen-bond donors (Lipinski definition) is 1. The molecule has 1 amide bonds. The van der Waals surface area contributed by atoms with E-state index < -0.39 is 11.5 Å². The minimum absolute atomic E-state index is 0.00445. The van der Waals surface area contributed by atoms with Gasteiger partial charge in [0.1, 0.15) is 0 Å². The van der Waals surface area contributed by atoms with Gasteiger partial charge in [0, 0.05) is 64.4 Å². The predicted molar refractivity (Wildman–Crippen MR) is 83.6 cm³/mol. The lowest BCUT2D eigenvalue weighted by Gasteiger charge is -2.36. The Labute approximate surface area is 140 Å². The van der Waals surface area contributed by atoms with E-state index in [2.05, 4.69) is 4.98 Å². The van der Waals surface area contributed by atoms with Crippen LogP contribution in [0.3, 0.4) is 0 Å². The van der Waals surface area contributed by atoms with Crippen LogP contribution in [0.2, 0.25) is 0 Å². The summed E-state index contributed by atoms with van der Waals surface area (Å²) in [4.78, 5) is 19.8. The molecule has 0 saturated carbocycles. The Balaban J connectivity index is 1.46. The Morgan fingerprint density at radius 2 is 1.96 bits per heavy atom. The summed E-state index contributed by atoms with van der Waals surface area (Å²) in [6.45, 7) is 2.31. The summed E-state index contributed by atoms with van der Waals surface area (Å²) < 4.78 is 28.3. The lowest BCUT2D eigenvalue weighted by Crippen LogP contribution is -2.49. The molecule has 0 radical (unpaired) electrons. The molecule has 0 unspecified atom stereocenters. The van der Waals surface area contributed by atoms with Crippen LogP contribution in [0.25, 0.3) is 0 Å². The van der Waals surface area contributed by atoms with Crippen LogP contribution < -0.4 is 0 Å². The van der Waals surface area contributed by atoms with Gasteiger partial charge < -0.3 is 14.6 Å². The number of hydrogen-bond acceptors (Lipinski definition) is 4. The zero-order valence-electron chi connectivity index (χ0n) is 13.7. The second-order valence-corrected chi connectivity index (χ2v) is 6.97. The number of rotatable bonds is 5. The van der Waals surface area contributed by atoms with E-state index in [9.17, 15) is 18.7 Å². The molecule has 1 aromatic heterocycles. The summed E-state index contributed by atoms with van der Waals surface area (Å²) in [7, 11) is 0. The van der Waals surface area contributed by atoms with Crippen LogP contribution >= 0.6 is 0 Å². The smallest absolute Gasteiger partial charge is 0.250 e. The molecule has 3 rings (SSSR count). The monoisotopic (exact) mass is 342 g/mol. The highest BCUT2D eigenvalue weighted by Crippen LogP contribution is 2.30. The molecule has 1 N–H and O–H groups in total. The summed E-state index contributed by atoms with van der Waals surface area (Å²) in [5.74, 6) is -2.57. The van der Waals surface area contributed by atoms with Crippen molar-refractivity contribution in [2.75, 3.05) is 32.7 Å². The lowest BCUT2D eigenvalue weighted by molar-refractivity contribution is -0.131. The lowest BCUT2D eigenvalue weighted by atomic mass is 10.00. The molecule has 0 aromatic carbocycles. The number of carbonyl (C=O) groups is 1. The van der Waals surface area contributed by atoms with Crippen LogP contribution in [-0.4, -0.2) is 74.6 Å². The topological polar surface area (TPSA) is 61.6 Å². The van der Waals surface area contributed by atoms with Crippen LogP contribution in [0.15, 0.2) is 18.7 Å². The number of alkyl halides is 2. The third kappa shape index (κ3) is 4.30. The number of carbonyl (C=O) groups excluding carboxylic acids is 1. The number of aryl methyl sites for hydroxylation is 1. The van der Waals surface area contributed by atoms with Gasteiger partial charge in [0.15, 0.2) is 0 Å². The first kappa shape index (κ1) is 17.3. The Hall–Kier alpha value is -1.54. The van der Waals surface area contributed by atoms with E-state index in [1.54, 1.807) is 23.6 Å². The maximum Gasteiger partial charge on any atom is 0.250 e. The van der Waals surface area contributed by atoms with Crippen LogP contribution in [0.4, 0.5) is 8.78 Å². The first-order valence-electron chi connectivity index (χ1n) is 8.41. The van der Waals surface area contributed by atoms with Crippen molar-refractivity contribution in [2.45, 2.75) is 43.8 Å². The maximum absolute atomic E-state index is 13.2. The van der Waals surface area contributed by atoms with Crippen LogP contribution in [0, 0.1) is 0 Å². The Bertz CT molecular complexity index is 556. The molecule has 8 heteroatoms. The number of halogens is 2. The van der Waals surface area contributed by atoms with Gasteiger partial charge in [-0.15, -0.1) is 0 Å². The Morgan fingerprint density at radius 3 is 2.62 bits per heavy atom. The first-order valence-corrected chi connectivity index (χ1v) is 8.41. The fourth-order valence-electron chi connectivity index (χ4n) is 3.45. The quantitative estimate of drug-likeness (QED) is 0.866. The molecule has 0 bridgehead atoms. The van der Waals surface area contributed by atoms with Gasteiger partial charge in [-0.2, -0.15) is 0 Å². The predicted octanol–water partition coefficient (Wildman–Crippen LogP) is 0.968. The largest absolute Gasteiger partial charge is 0.387 e. The van der Waals surface area contributed by atoms with E-state index in [4.69, 9.17) is 0 Å². The molecule has 2 aliphatic rings. The number of likely N-dealkylation sites (tertiary alicyclic amines) is 2. The summed E-state index contributed by atoms with van der Waals surface area (Å²) in [5.41, 5.74) is -0.989. The van der Waals surface area contributed by atoms with E-state index in [1.807, 2.05) is 9.47 Å². The molecular weight excluding hydrogens is 318 g/mol. The molecular formula is C16H24F2N4O2. The van der Waals surface area contributed by atoms with Crippen molar-refractivity contribution in [3.05, 3.63) is 18.7 Å². The van der Waals surface area contributed by atoms with E-state index in [0.717, 1.165) is 0 Å². The molecule has 0 spiro atoms. The van der Waals surface area contributed by atoms with Gasteiger partial charge in [0.05, 0.1) is 18.5 Å². The van der Waals surface area contributed by atoms with Gasteiger partial charge >= 0.3 is 0 Å². The first-order chi connectivity index (χ1) is 11.4. The number of imidazole rings is 1. The average molecular weight is 342 g/mol. The minimum Gasteiger partial charge on any atom is -0.387 e. The number of aliphatic hydroxyl groups is 1. The van der Waals surface area contributed by atoms with Crippen molar-refractivity contribution in [2.24, 2.45) is 0 Å². The van der Waals surface area contributed by atoms with Crippen molar-refractivity contribution in [3.63, 3.8) is 0 Å². The molecule has 1 aromatic rings. The molecule has 0 aliphatic carbocycles. The average Bonchev–Trinajstić information content (AvgIpc) is 3.17. The van der Waals surface area contributed by atoms with Gasteiger partial charge in [-0.1, -0.05) is 0 Å². The van der Waals surface area contributed by atoms with Crippen molar-refractivity contribution in [1.29, 1.82) is 0 Å². The van der Waals surface area contributed by atoms with Gasteiger partial charge in [-0.3, -0.25) is 9.69 Å².